The number of ether oxygens (including phenoxy) is 1. The molecule has 7 heteroatoms. The molecule has 2 rings (SSSR count). The van der Waals surface area contributed by atoms with E-state index in [-0.39, 0.29) is 12.0 Å². The molecule has 0 atom stereocenters. The van der Waals surface area contributed by atoms with E-state index in [0.29, 0.717) is 30.3 Å². The molecule has 1 aromatic heterocycles. The van der Waals surface area contributed by atoms with Crippen LogP contribution in [0.25, 0.3) is 0 Å². The summed E-state index contributed by atoms with van der Waals surface area (Å²) in [6.07, 6.45) is 0. The molecule has 0 bridgehead atoms. The summed E-state index contributed by atoms with van der Waals surface area (Å²) in [4.78, 5) is 23.2. The lowest BCUT2D eigenvalue weighted by molar-refractivity contribution is 0.0526. The van der Waals surface area contributed by atoms with Gasteiger partial charge in [-0.05, 0) is 31.5 Å². The molecule has 0 unspecified atom stereocenters. The zero-order valence-corrected chi connectivity index (χ0v) is 12.4. The van der Waals surface area contributed by atoms with Gasteiger partial charge >= 0.3 is 12.0 Å². The highest BCUT2D eigenvalue weighted by molar-refractivity contribution is 5.89. The molecule has 0 aliphatic rings. The number of carbonyl (C=O) groups excluding carboxylic acids is 2. The number of nitrogens with zero attached hydrogens (tertiary/aromatic N) is 1. The first-order valence-corrected chi connectivity index (χ1v) is 6.82. The van der Waals surface area contributed by atoms with E-state index >= 15 is 0 Å². The van der Waals surface area contributed by atoms with Crippen LogP contribution in [-0.4, -0.2) is 23.8 Å². The number of carbonyl (C=O) groups is 2. The van der Waals surface area contributed by atoms with Crippen molar-refractivity contribution in [2.24, 2.45) is 0 Å². The van der Waals surface area contributed by atoms with Crippen LogP contribution in [0.1, 0.15) is 28.6 Å². The second-order valence-electron chi connectivity index (χ2n) is 4.55. The van der Waals surface area contributed by atoms with Crippen LogP contribution in [0.5, 0.6) is 0 Å². The first kappa shape index (κ1) is 15.6. The van der Waals surface area contributed by atoms with E-state index in [0.717, 1.165) is 5.56 Å². The zero-order chi connectivity index (χ0) is 15.9. The number of urea groups is 1. The number of amides is 2. The van der Waals surface area contributed by atoms with E-state index in [1.807, 2.05) is 0 Å². The highest BCUT2D eigenvalue weighted by Crippen LogP contribution is 2.08. The first-order valence-electron chi connectivity index (χ1n) is 6.82. The largest absolute Gasteiger partial charge is 0.462 e. The van der Waals surface area contributed by atoms with Gasteiger partial charge in [0.05, 0.1) is 12.2 Å². The highest BCUT2D eigenvalue weighted by Gasteiger charge is 2.07. The summed E-state index contributed by atoms with van der Waals surface area (Å²) in [7, 11) is 0. The number of esters is 1. The maximum Gasteiger partial charge on any atom is 0.338 e. The third-order valence-corrected chi connectivity index (χ3v) is 2.79. The first-order chi connectivity index (χ1) is 10.6. The molecule has 2 N–H and O–H groups in total. The lowest BCUT2D eigenvalue weighted by Gasteiger charge is -2.06. The van der Waals surface area contributed by atoms with E-state index in [2.05, 4.69) is 15.8 Å². The molecule has 1 aromatic carbocycles. The fourth-order valence-electron chi connectivity index (χ4n) is 1.74. The molecule has 0 aliphatic heterocycles. The maximum atomic E-state index is 11.7. The van der Waals surface area contributed by atoms with Gasteiger partial charge in [-0.25, -0.2) is 9.59 Å². The molecule has 0 saturated carbocycles. The predicted octanol–water partition coefficient (Wildman–Crippen LogP) is 2.48. The number of rotatable bonds is 5. The monoisotopic (exact) mass is 303 g/mol. The molecule has 22 heavy (non-hydrogen) atoms. The van der Waals surface area contributed by atoms with Gasteiger partial charge in [-0.1, -0.05) is 17.3 Å². The zero-order valence-electron chi connectivity index (χ0n) is 12.4. The molecular formula is C15H17N3O4. The molecular weight excluding hydrogens is 286 g/mol. The maximum absolute atomic E-state index is 11.7. The van der Waals surface area contributed by atoms with Crippen LogP contribution in [0.2, 0.25) is 0 Å². The van der Waals surface area contributed by atoms with Gasteiger partial charge in [0, 0.05) is 12.6 Å². The van der Waals surface area contributed by atoms with Crippen molar-refractivity contribution in [2.45, 2.75) is 20.4 Å². The summed E-state index contributed by atoms with van der Waals surface area (Å²) in [6, 6.07) is 8.07. The number of aromatic nitrogens is 1. The van der Waals surface area contributed by atoms with Crippen molar-refractivity contribution in [1.29, 1.82) is 0 Å². The van der Waals surface area contributed by atoms with Crippen LogP contribution in [0.4, 0.5) is 10.6 Å². The highest BCUT2D eigenvalue weighted by atomic mass is 16.5. The molecule has 0 saturated heterocycles. The van der Waals surface area contributed by atoms with E-state index in [9.17, 15) is 9.59 Å². The van der Waals surface area contributed by atoms with Crippen LogP contribution in [0.15, 0.2) is 34.9 Å². The quantitative estimate of drug-likeness (QED) is 0.828. The van der Waals surface area contributed by atoms with Crippen molar-refractivity contribution in [3.05, 3.63) is 47.2 Å². The lowest BCUT2D eigenvalue weighted by atomic mass is 10.1. The molecule has 2 amide bonds. The average molecular weight is 303 g/mol. The Bertz CT molecular complexity index is 649. The van der Waals surface area contributed by atoms with Gasteiger partial charge in [0.2, 0.25) is 0 Å². The number of aryl methyl sites for hydroxylation is 1. The Balaban J connectivity index is 1.83. The summed E-state index contributed by atoms with van der Waals surface area (Å²) < 4.78 is 9.75. The number of anilines is 1. The summed E-state index contributed by atoms with van der Waals surface area (Å²) in [5, 5.41) is 8.89. The Morgan fingerprint density at radius 1 is 1.27 bits per heavy atom. The minimum absolute atomic E-state index is 0.325. The Morgan fingerprint density at radius 3 is 2.59 bits per heavy atom. The molecule has 1 heterocycles. The summed E-state index contributed by atoms with van der Waals surface area (Å²) in [5.41, 5.74) is 1.34. The van der Waals surface area contributed by atoms with Crippen molar-refractivity contribution in [1.82, 2.24) is 10.5 Å². The number of nitrogens with one attached hydrogen (secondary N) is 2. The van der Waals surface area contributed by atoms with Gasteiger partial charge in [-0.2, -0.15) is 0 Å². The second kappa shape index (κ2) is 7.26. The Hall–Kier alpha value is -2.83. The predicted molar refractivity (Wildman–Crippen MR) is 79.5 cm³/mol. The number of benzene rings is 1. The van der Waals surface area contributed by atoms with E-state index in [4.69, 9.17) is 9.26 Å². The van der Waals surface area contributed by atoms with Crippen LogP contribution in [-0.2, 0) is 11.3 Å². The van der Waals surface area contributed by atoms with Gasteiger partial charge in [-0.3, -0.25) is 5.32 Å². The minimum Gasteiger partial charge on any atom is -0.462 e. The number of hydrogen-bond acceptors (Lipinski definition) is 5. The summed E-state index contributed by atoms with van der Waals surface area (Å²) in [5.74, 6) is 0.610. The van der Waals surface area contributed by atoms with Crippen LogP contribution < -0.4 is 10.6 Å². The third-order valence-electron chi connectivity index (χ3n) is 2.79. The fourth-order valence-corrected chi connectivity index (χ4v) is 1.74. The topological polar surface area (TPSA) is 93.5 Å². The number of hydrogen-bond donors (Lipinski definition) is 2. The average Bonchev–Trinajstić information content (AvgIpc) is 2.91. The van der Waals surface area contributed by atoms with Crippen molar-refractivity contribution >= 4 is 17.8 Å². The van der Waals surface area contributed by atoms with Crippen LogP contribution in [0.3, 0.4) is 0 Å². The molecule has 0 fully saturated rings. The third kappa shape index (κ3) is 4.34. The normalized spacial score (nSPS) is 10.1. The van der Waals surface area contributed by atoms with E-state index in [1.165, 1.54) is 0 Å². The van der Waals surface area contributed by atoms with Crippen molar-refractivity contribution in [2.75, 3.05) is 11.9 Å². The van der Waals surface area contributed by atoms with Crippen molar-refractivity contribution in [3.8, 4) is 0 Å². The second-order valence-corrected chi connectivity index (χ2v) is 4.55. The lowest BCUT2D eigenvalue weighted by Crippen LogP contribution is -2.28. The van der Waals surface area contributed by atoms with E-state index in [1.54, 1.807) is 44.2 Å². The summed E-state index contributed by atoms with van der Waals surface area (Å²) >= 11 is 0. The summed E-state index contributed by atoms with van der Waals surface area (Å²) in [6.45, 7) is 4.15. The van der Waals surface area contributed by atoms with Gasteiger partial charge < -0.3 is 14.6 Å². The Labute approximate surface area is 127 Å². The Morgan fingerprint density at radius 2 is 2.00 bits per heavy atom. The fraction of sp³-hybridized carbons (Fsp3) is 0.267. The van der Waals surface area contributed by atoms with Crippen molar-refractivity contribution in [3.63, 3.8) is 0 Å². The van der Waals surface area contributed by atoms with Crippen LogP contribution in [0, 0.1) is 6.92 Å². The molecule has 116 valence electrons. The van der Waals surface area contributed by atoms with Crippen molar-refractivity contribution < 1.29 is 18.8 Å². The van der Waals surface area contributed by atoms with Gasteiger partial charge in [0.25, 0.3) is 0 Å². The molecule has 0 spiro atoms. The minimum atomic E-state index is -0.386. The van der Waals surface area contributed by atoms with Gasteiger partial charge in [0.1, 0.15) is 5.76 Å². The smallest absolute Gasteiger partial charge is 0.338 e. The van der Waals surface area contributed by atoms with E-state index < -0.39 is 0 Å². The van der Waals surface area contributed by atoms with Crippen LogP contribution >= 0.6 is 0 Å². The van der Waals surface area contributed by atoms with Gasteiger partial charge in [0.15, 0.2) is 5.82 Å². The van der Waals surface area contributed by atoms with Gasteiger partial charge in [-0.15, -0.1) is 0 Å². The Kier molecular flexibility index (Phi) is 5.13. The molecule has 0 aliphatic carbocycles. The molecule has 0 radical (unpaired) electrons. The SMILES string of the molecule is CCOC(=O)c1ccc(CNC(=O)Nc2cc(C)on2)cc1. The molecule has 2 aromatic rings. The standard InChI is InChI=1S/C15H17N3O4/c1-3-21-14(19)12-6-4-11(5-7-12)9-16-15(20)17-13-8-10(2)22-18-13/h4-8H,3,9H2,1-2H3,(H2,16,17,18,20). The molecule has 7 nitrogen and oxygen atoms in total.